The van der Waals surface area contributed by atoms with Gasteiger partial charge in [0.15, 0.2) is 0 Å². The maximum atomic E-state index is 12.8. The quantitative estimate of drug-likeness (QED) is 0.685. The van der Waals surface area contributed by atoms with E-state index in [1.807, 2.05) is 0 Å². The second-order valence-electron chi connectivity index (χ2n) is 3.71. The molecule has 14 heavy (non-hydrogen) atoms. The molecule has 0 nitrogen and oxygen atoms in total. The van der Waals surface area contributed by atoms with Gasteiger partial charge < -0.3 is 0 Å². The predicted molar refractivity (Wildman–Crippen MR) is 59.6 cm³/mol. The van der Waals surface area contributed by atoms with Crippen LogP contribution in [-0.4, -0.2) is 5.38 Å². The van der Waals surface area contributed by atoms with E-state index in [9.17, 15) is 4.39 Å². The summed E-state index contributed by atoms with van der Waals surface area (Å²) in [7, 11) is 0. The van der Waals surface area contributed by atoms with Gasteiger partial charge in [0.05, 0.1) is 5.02 Å². The van der Waals surface area contributed by atoms with Gasteiger partial charge in [0.25, 0.3) is 0 Å². The first-order valence-electron chi connectivity index (χ1n) is 4.58. The Labute approximate surface area is 94.0 Å². The number of alkyl halides is 1. The first-order valence-corrected chi connectivity index (χ1v) is 5.40. The third kappa shape index (κ3) is 3.14. The molecule has 0 fully saturated rings. The molecule has 0 aliphatic rings. The second kappa shape index (κ2) is 4.99. The van der Waals surface area contributed by atoms with Crippen molar-refractivity contribution in [2.24, 2.45) is 5.92 Å². The van der Waals surface area contributed by atoms with Gasteiger partial charge in [-0.05, 0) is 30.0 Å². The highest BCUT2D eigenvalue weighted by atomic mass is 35.5. The monoisotopic (exact) mass is 234 g/mol. The molecule has 0 aliphatic heterocycles. The van der Waals surface area contributed by atoms with E-state index in [2.05, 4.69) is 13.8 Å². The Morgan fingerprint density at radius 1 is 1.36 bits per heavy atom. The van der Waals surface area contributed by atoms with Crippen LogP contribution in [0.4, 0.5) is 4.39 Å². The van der Waals surface area contributed by atoms with Crippen LogP contribution in [0.2, 0.25) is 5.02 Å². The van der Waals surface area contributed by atoms with Gasteiger partial charge in [-0.15, -0.1) is 11.6 Å². The molecule has 78 valence electrons. The average Bonchev–Trinajstić information content (AvgIpc) is 2.11. The highest BCUT2D eigenvalue weighted by molar-refractivity contribution is 6.30. The molecular weight excluding hydrogens is 222 g/mol. The molecule has 3 heteroatoms. The van der Waals surface area contributed by atoms with Crippen LogP contribution in [0.25, 0.3) is 0 Å². The van der Waals surface area contributed by atoms with Crippen LogP contribution in [0.3, 0.4) is 0 Å². The molecule has 0 bridgehead atoms. The molecule has 0 saturated heterocycles. The van der Waals surface area contributed by atoms with Gasteiger partial charge in [0.2, 0.25) is 0 Å². The fraction of sp³-hybridized carbons (Fsp3) is 0.455. The Morgan fingerprint density at radius 3 is 2.50 bits per heavy atom. The summed E-state index contributed by atoms with van der Waals surface area (Å²) >= 11 is 11.8. The topological polar surface area (TPSA) is 0 Å². The van der Waals surface area contributed by atoms with E-state index in [1.54, 1.807) is 12.1 Å². The van der Waals surface area contributed by atoms with E-state index in [1.165, 1.54) is 6.07 Å². The lowest BCUT2D eigenvalue weighted by molar-refractivity contribution is 0.594. The van der Waals surface area contributed by atoms with E-state index in [-0.39, 0.29) is 16.2 Å². The van der Waals surface area contributed by atoms with Crippen LogP contribution < -0.4 is 0 Å². The summed E-state index contributed by atoms with van der Waals surface area (Å²) in [6.45, 7) is 4.12. The van der Waals surface area contributed by atoms with Gasteiger partial charge in [-0.25, -0.2) is 4.39 Å². The van der Waals surface area contributed by atoms with Crippen molar-refractivity contribution in [3.8, 4) is 0 Å². The largest absolute Gasteiger partial charge is 0.205 e. The van der Waals surface area contributed by atoms with E-state index in [0.29, 0.717) is 5.92 Å². The summed E-state index contributed by atoms with van der Waals surface area (Å²) in [5.74, 6) is 0.0200. The Kier molecular flexibility index (Phi) is 4.21. The number of halogens is 3. The molecule has 0 aromatic heterocycles. The normalized spacial score (nSPS) is 13.3. The minimum Gasteiger partial charge on any atom is -0.205 e. The smallest absolute Gasteiger partial charge is 0.141 e. The molecule has 1 atom stereocenters. The van der Waals surface area contributed by atoms with Crippen LogP contribution in [0.1, 0.15) is 19.4 Å². The first kappa shape index (κ1) is 11.8. The van der Waals surface area contributed by atoms with Gasteiger partial charge in [-0.3, -0.25) is 0 Å². The zero-order valence-electron chi connectivity index (χ0n) is 8.23. The van der Waals surface area contributed by atoms with Crippen LogP contribution >= 0.6 is 23.2 Å². The lowest BCUT2D eigenvalue weighted by atomic mass is 10.0. The minimum absolute atomic E-state index is 0.0662. The Morgan fingerprint density at radius 2 is 2.00 bits per heavy atom. The summed E-state index contributed by atoms with van der Waals surface area (Å²) in [5, 5.41) is 0.228. The minimum atomic E-state index is -0.383. The summed E-state index contributed by atoms with van der Waals surface area (Å²) in [5.41, 5.74) is 0.977. The van der Waals surface area contributed by atoms with Crippen molar-refractivity contribution in [2.45, 2.75) is 25.6 Å². The lowest BCUT2D eigenvalue weighted by Crippen LogP contribution is -2.11. The van der Waals surface area contributed by atoms with Crippen LogP contribution in [0.15, 0.2) is 18.2 Å². The zero-order chi connectivity index (χ0) is 10.7. The Balaban J connectivity index is 2.73. The highest BCUT2D eigenvalue weighted by Gasteiger charge is 2.11. The van der Waals surface area contributed by atoms with Gasteiger partial charge in [-0.2, -0.15) is 0 Å². The van der Waals surface area contributed by atoms with Crippen molar-refractivity contribution in [1.29, 1.82) is 0 Å². The van der Waals surface area contributed by atoms with E-state index >= 15 is 0 Å². The Hall–Kier alpha value is -0.270. The van der Waals surface area contributed by atoms with E-state index in [0.717, 1.165) is 12.0 Å². The lowest BCUT2D eigenvalue weighted by Gasteiger charge is -2.13. The third-order valence-corrected chi connectivity index (χ3v) is 3.09. The van der Waals surface area contributed by atoms with Crippen molar-refractivity contribution in [2.75, 3.05) is 0 Å². The van der Waals surface area contributed by atoms with Gasteiger partial charge >= 0.3 is 0 Å². The van der Waals surface area contributed by atoms with Crippen LogP contribution in [-0.2, 0) is 6.42 Å². The van der Waals surface area contributed by atoms with E-state index < -0.39 is 0 Å². The molecule has 1 unspecified atom stereocenters. The van der Waals surface area contributed by atoms with Crippen molar-refractivity contribution in [3.63, 3.8) is 0 Å². The zero-order valence-corrected chi connectivity index (χ0v) is 9.74. The number of benzene rings is 1. The van der Waals surface area contributed by atoms with E-state index in [4.69, 9.17) is 23.2 Å². The molecule has 0 N–H and O–H groups in total. The summed E-state index contributed by atoms with van der Waals surface area (Å²) in [6, 6.07) is 4.73. The molecule has 1 aromatic rings. The second-order valence-corrected chi connectivity index (χ2v) is 4.68. The molecule has 1 rings (SSSR count). The fourth-order valence-electron chi connectivity index (χ4n) is 1.13. The number of hydrogen-bond acceptors (Lipinski definition) is 0. The standard InChI is InChI=1S/C11H13Cl2F/c1-7(2)9(12)5-8-3-4-11(14)10(13)6-8/h3-4,6-7,9H,5H2,1-2H3. The summed E-state index contributed by atoms with van der Waals surface area (Å²) < 4.78 is 12.8. The molecule has 0 heterocycles. The highest BCUT2D eigenvalue weighted by Crippen LogP contribution is 2.20. The van der Waals surface area contributed by atoms with Crippen molar-refractivity contribution >= 4 is 23.2 Å². The van der Waals surface area contributed by atoms with Gasteiger partial charge in [0.1, 0.15) is 5.82 Å². The van der Waals surface area contributed by atoms with Crippen LogP contribution in [0, 0.1) is 11.7 Å². The maximum Gasteiger partial charge on any atom is 0.141 e. The number of hydrogen-bond donors (Lipinski definition) is 0. The Bertz CT molecular complexity index is 310. The van der Waals surface area contributed by atoms with Gasteiger partial charge in [-0.1, -0.05) is 31.5 Å². The summed E-state index contributed by atoms with van der Waals surface area (Å²) in [6.07, 6.45) is 0.721. The van der Waals surface area contributed by atoms with Crippen LogP contribution in [0.5, 0.6) is 0 Å². The van der Waals surface area contributed by atoms with Crippen molar-refractivity contribution in [1.82, 2.24) is 0 Å². The molecule has 0 amide bonds. The van der Waals surface area contributed by atoms with Crippen molar-refractivity contribution in [3.05, 3.63) is 34.6 Å². The molecule has 1 aromatic carbocycles. The first-order chi connectivity index (χ1) is 6.50. The van der Waals surface area contributed by atoms with Crippen molar-refractivity contribution < 1.29 is 4.39 Å². The maximum absolute atomic E-state index is 12.8. The molecule has 0 radical (unpaired) electrons. The molecular formula is C11H13Cl2F. The molecule has 0 spiro atoms. The molecule has 0 aliphatic carbocycles. The third-order valence-electron chi connectivity index (χ3n) is 2.14. The average molecular weight is 235 g/mol. The molecule has 0 saturated carbocycles. The van der Waals surface area contributed by atoms with Gasteiger partial charge in [0, 0.05) is 5.38 Å². The fourth-order valence-corrected chi connectivity index (χ4v) is 1.51. The SMILES string of the molecule is CC(C)C(Cl)Cc1ccc(F)c(Cl)c1. The summed E-state index contributed by atoms with van der Waals surface area (Å²) in [4.78, 5) is 0. The number of rotatable bonds is 3. The predicted octanol–water partition coefficient (Wildman–Crippen LogP) is 4.29.